The maximum atomic E-state index is 12.2. The van der Waals surface area contributed by atoms with Crippen LogP contribution in [-0.2, 0) is 0 Å². The topological polar surface area (TPSA) is 79.5 Å². The number of amides is 1. The van der Waals surface area contributed by atoms with Gasteiger partial charge in [0.2, 0.25) is 0 Å². The van der Waals surface area contributed by atoms with Crippen molar-refractivity contribution in [1.29, 1.82) is 0 Å². The molecule has 0 aliphatic heterocycles. The normalized spacial score (nSPS) is 10.6. The number of halogens is 1. The Labute approximate surface area is 130 Å². The largest absolute Gasteiger partial charge is 0.478 e. The highest BCUT2D eigenvalue weighted by atomic mass is 35.5. The fourth-order valence-electron chi connectivity index (χ4n) is 2.05. The van der Waals surface area contributed by atoms with Crippen LogP contribution in [0.2, 0.25) is 5.02 Å². The van der Waals surface area contributed by atoms with Crippen molar-refractivity contribution in [3.05, 3.63) is 64.9 Å². The second-order valence-corrected chi connectivity index (χ2v) is 5.01. The summed E-state index contributed by atoms with van der Waals surface area (Å²) in [6, 6.07) is 13.1. The van der Waals surface area contributed by atoms with E-state index in [9.17, 15) is 9.59 Å². The van der Waals surface area contributed by atoms with Crippen LogP contribution in [0.5, 0.6) is 0 Å². The predicted octanol–water partition coefficient (Wildman–Crippen LogP) is 4.04. The first-order valence-corrected chi connectivity index (χ1v) is 6.75. The van der Waals surface area contributed by atoms with Gasteiger partial charge in [-0.3, -0.25) is 4.79 Å². The third-order valence-electron chi connectivity index (χ3n) is 3.10. The molecule has 0 aliphatic rings. The Hall–Kier alpha value is -2.79. The van der Waals surface area contributed by atoms with E-state index >= 15 is 0 Å². The highest BCUT2D eigenvalue weighted by Gasteiger charge is 2.14. The van der Waals surface area contributed by atoms with E-state index in [1.54, 1.807) is 12.1 Å². The van der Waals surface area contributed by atoms with E-state index in [-0.39, 0.29) is 16.3 Å². The highest BCUT2D eigenvalue weighted by Crippen LogP contribution is 2.23. The summed E-state index contributed by atoms with van der Waals surface area (Å²) in [6.07, 6.45) is 0. The number of carbonyl (C=O) groups excluding carboxylic acids is 1. The number of rotatable bonds is 3. The second kappa shape index (κ2) is 5.54. The number of carboxylic acid groups (broad SMARTS) is 1. The van der Waals surface area contributed by atoms with Crippen LogP contribution in [0.3, 0.4) is 0 Å². The Balaban J connectivity index is 1.87. The van der Waals surface area contributed by atoms with Crippen LogP contribution in [0.4, 0.5) is 5.69 Å². The van der Waals surface area contributed by atoms with Crippen molar-refractivity contribution in [3.8, 4) is 0 Å². The molecule has 2 aromatic carbocycles. The zero-order valence-electron chi connectivity index (χ0n) is 11.2. The van der Waals surface area contributed by atoms with Crippen molar-refractivity contribution in [2.24, 2.45) is 0 Å². The van der Waals surface area contributed by atoms with E-state index in [0.29, 0.717) is 11.3 Å². The Morgan fingerprint density at radius 3 is 2.59 bits per heavy atom. The average molecular weight is 316 g/mol. The first-order chi connectivity index (χ1) is 10.5. The quantitative estimate of drug-likeness (QED) is 0.764. The third kappa shape index (κ3) is 2.66. The lowest BCUT2D eigenvalue weighted by atomic mass is 10.2. The summed E-state index contributed by atoms with van der Waals surface area (Å²) in [7, 11) is 0. The summed E-state index contributed by atoms with van der Waals surface area (Å²) in [4.78, 5) is 23.2. The number of benzene rings is 2. The molecule has 3 rings (SSSR count). The molecular weight excluding hydrogens is 306 g/mol. The number of hydrogen-bond donors (Lipinski definition) is 2. The van der Waals surface area contributed by atoms with Crippen LogP contribution >= 0.6 is 11.6 Å². The summed E-state index contributed by atoms with van der Waals surface area (Å²) in [6.45, 7) is 0. The zero-order chi connectivity index (χ0) is 15.7. The predicted molar refractivity (Wildman–Crippen MR) is 82.6 cm³/mol. The molecular formula is C16H10ClNO4. The van der Waals surface area contributed by atoms with Crippen LogP contribution in [0.15, 0.2) is 52.9 Å². The molecule has 0 radical (unpaired) electrons. The molecule has 0 spiro atoms. The van der Waals surface area contributed by atoms with Gasteiger partial charge in [0.05, 0.1) is 10.6 Å². The van der Waals surface area contributed by atoms with Gasteiger partial charge in [-0.2, -0.15) is 0 Å². The minimum absolute atomic E-state index is 0.0796. The van der Waals surface area contributed by atoms with Gasteiger partial charge in [-0.15, -0.1) is 0 Å². The van der Waals surface area contributed by atoms with Crippen molar-refractivity contribution in [1.82, 2.24) is 0 Å². The van der Waals surface area contributed by atoms with E-state index in [1.807, 2.05) is 18.2 Å². The van der Waals surface area contributed by atoms with E-state index in [2.05, 4.69) is 5.32 Å². The number of fused-ring (bicyclic) bond motifs is 1. The number of hydrogen-bond acceptors (Lipinski definition) is 3. The van der Waals surface area contributed by atoms with Gasteiger partial charge in [-0.25, -0.2) is 4.79 Å². The third-order valence-corrected chi connectivity index (χ3v) is 3.43. The monoisotopic (exact) mass is 315 g/mol. The molecule has 0 unspecified atom stereocenters. The molecule has 110 valence electrons. The van der Waals surface area contributed by atoms with Gasteiger partial charge in [0.15, 0.2) is 5.76 Å². The summed E-state index contributed by atoms with van der Waals surface area (Å²) >= 11 is 5.79. The van der Waals surface area contributed by atoms with Crippen LogP contribution in [0, 0.1) is 0 Å². The molecule has 0 fully saturated rings. The van der Waals surface area contributed by atoms with Gasteiger partial charge in [0.25, 0.3) is 5.91 Å². The Morgan fingerprint density at radius 2 is 1.86 bits per heavy atom. The number of carbonyl (C=O) groups is 2. The fourth-order valence-corrected chi connectivity index (χ4v) is 2.25. The maximum absolute atomic E-state index is 12.2. The number of furan rings is 1. The summed E-state index contributed by atoms with van der Waals surface area (Å²) in [5, 5.41) is 12.5. The summed E-state index contributed by atoms with van der Waals surface area (Å²) < 4.78 is 5.45. The van der Waals surface area contributed by atoms with E-state index in [1.165, 1.54) is 18.2 Å². The molecule has 0 aliphatic carbocycles. The van der Waals surface area contributed by atoms with Crippen molar-refractivity contribution < 1.29 is 19.1 Å². The van der Waals surface area contributed by atoms with Gasteiger partial charge in [0, 0.05) is 11.1 Å². The lowest BCUT2D eigenvalue weighted by Crippen LogP contribution is -2.11. The molecule has 0 saturated carbocycles. The van der Waals surface area contributed by atoms with Crippen molar-refractivity contribution in [2.45, 2.75) is 0 Å². The smallest absolute Gasteiger partial charge is 0.337 e. The highest BCUT2D eigenvalue weighted by molar-refractivity contribution is 6.33. The van der Waals surface area contributed by atoms with Crippen LogP contribution < -0.4 is 5.32 Å². The first kappa shape index (κ1) is 14.2. The van der Waals surface area contributed by atoms with Crippen molar-refractivity contribution in [2.75, 3.05) is 5.32 Å². The van der Waals surface area contributed by atoms with Crippen molar-refractivity contribution in [3.63, 3.8) is 0 Å². The SMILES string of the molecule is O=C(Nc1ccc(Cl)c(C(=O)O)c1)c1cc2ccccc2o1. The zero-order valence-corrected chi connectivity index (χ0v) is 11.9. The molecule has 0 saturated heterocycles. The summed E-state index contributed by atoms with van der Waals surface area (Å²) in [5.41, 5.74) is 0.853. The molecule has 2 N–H and O–H groups in total. The Bertz CT molecular complexity index is 852. The van der Waals surface area contributed by atoms with Crippen LogP contribution in [-0.4, -0.2) is 17.0 Å². The maximum Gasteiger partial charge on any atom is 0.337 e. The number of aromatic carboxylic acids is 1. The first-order valence-electron chi connectivity index (χ1n) is 6.37. The number of para-hydroxylation sites is 1. The van der Waals surface area contributed by atoms with Gasteiger partial charge in [0.1, 0.15) is 5.58 Å². The van der Waals surface area contributed by atoms with Crippen LogP contribution in [0.1, 0.15) is 20.9 Å². The van der Waals surface area contributed by atoms with E-state index in [0.717, 1.165) is 5.39 Å². The van der Waals surface area contributed by atoms with Crippen molar-refractivity contribution >= 4 is 40.1 Å². The number of anilines is 1. The van der Waals surface area contributed by atoms with Gasteiger partial charge >= 0.3 is 5.97 Å². The number of carboxylic acids is 1. The Kier molecular flexibility index (Phi) is 3.56. The van der Waals surface area contributed by atoms with Crippen LogP contribution in [0.25, 0.3) is 11.0 Å². The van der Waals surface area contributed by atoms with Gasteiger partial charge in [-0.05, 0) is 30.3 Å². The molecule has 1 amide bonds. The minimum atomic E-state index is -1.16. The molecule has 3 aromatic rings. The Morgan fingerprint density at radius 1 is 1.09 bits per heavy atom. The molecule has 1 aromatic heterocycles. The molecule has 0 bridgehead atoms. The molecule has 22 heavy (non-hydrogen) atoms. The minimum Gasteiger partial charge on any atom is -0.478 e. The molecule has 0 atom stereocenters. The lowest BCUT2D eigenvalue weighted by molar-refractivity contribution is 0.0696. The number of nitrogens with one attached hydrogen (secondary N) is 1. The molecule has 5 nitrogen and oxygen atoms in total. The average Bonchev–Trinajstić information content (AvgIpc) is 2.93. The van der Waals surface area contributed by atoms with Gasteiger partial charge in [-0.1, -0.05) is 29.8 Å². The molecule has 6 heteroatoms. The molecule has 1 heterocycles. The van der Waals surface area contributed by atoms with E-state index < -0.39 is 11.9 Å². The van der Waals surface area contributed by atoms with E-state index in [4.69, 9.17) is 21.1 Å². The summed E-state index contributed by atoms with van der Waals surface area (Å²) in [5.74, 6) is -1.48. The van der Waals surface area contributed by atoms with Gasteiger partial charge < -0.3 is 14.8 Å². The standard InChI is InChI=1S/C16H10ClNO4/c17-12-6-5-10(8-11(12)16(20)21)18-15(19)14-7-9-3-1-2-4-13(9)22-14/h1-8H,(H,18,19)(H,20,21). The fraction of sp³-hybridized carbons (Fsp3) is 0. The lowest BCUT2D eigenvalue weighted by Gasteiger charge is -2.05. The second-order valence-electron chi connectivity index (χ2n) is 4.60.